The van der Waals surface area contributed by atoms with Crippen LogP contribution in [0.1, 0.15) is 11.3 Å². The fourth-order valence-electron chi connectivity index (χ4n) is 2.07. The molecule has 2 aromatic rings. The standard InChI is InChI=1S/C15H21N3O3/c1-18-7-5-12(17-18)10-21-15-13(19-2)8-11(4-6-16)9-14(15)20-3/h5,7-9H,4,6,10,16H2,1-3H3. The van der Waals surface area contributed by atoms with Gasteiger partial charge in [0.1, 0.15) is 6.61 Å². The summed E-state index contributed by atoms with van der Waals surface area (Å²) in [6.45, 7) is 0.921. The van der Waals surface area contributed by atoms with Gasteiger partial charge in [-0.25, -0.2) is 0 Å². The SMILES string of the molecule is COc1cc(CCN)cc(OC)c1OCc1ccn(C)n1. The Morgan fingerprint density at radius 3 is 2.33 bits per heavy atom. The molecule has 1 aromatic heterocycles. The highest BCUT2D eigenvalue weighted by Gasteiger charge is 2.14. The van der Waals surface area contributed by atoms with Crippen molar-refractivity contribution in [2.24, 2.45) is 12.8 Å². The Kier molecular flexibility index (Phi) is 5.05. The van der Waals surface area contributed by atoms with Crippen LogP contribution in [0.3, 0.4) is 0 Å². The van der Waals surface area contributed by atoms with E-state index in [1.54, 1.807) is 18.9 Å². The molecular weight excluding hydrogens is 270 g/mol. The van der Waals surface area contributed by atoms with Gasteiger partial charge in [0.25, 0.3) is 0 Å². The molecule has 0 atom stereocenters. The maximum absolute atomic E-state index is 5.83. The lowest BCUT2D eigenvalue weighted by molar-refractivity contribution is 0.261. The zero-order valence-corrected chi connectivity index (χ0v) is 12.6. The van der Waals surface area contributed by atoms with Gasteiger partial charge >= 0.3 is 0 Å². The molecule has 6 nitrogen and oxygen atoms in total. The summed E-state index contributed by atoms with van der Waals surface area (Å²) in [7, 11) is 5.08. The largest absolute Gasteiger partial charge is 0.493 e. The van der Waals surface area contributed by atoms with Gasteiger partial charge in [0.2, 0.25) is 5.75 Å². The lowest BCUT2D eigenvalue weighted by atomic mass is 10.1. The van der Waals surface area contributed by atoms with Crippen molar-refractivity contribution in [2.75, 3.05) is 20.8 Å². The van der Waals surface area contributed by atoms with Crippen molar-refractivity contribution >= 4 is 0 Å². The normalized spacial score (nSPS) is 10.5. The summed E-state index contributed by atoms with van der Waals surface area (Å²) in [5.74, 6) is 1.84. The van der Waals surface area contributed by atoms with Crippen LogP contribution in [0.25, 0.3) is 0 Å². The van der Waals surface area contributed by atoms with E-state index >= 15 is 0 Å². The van der Waals surface area contributed by atoms with Gasteiger partial charge in [0.05, 0.1) is 19.9 Å². The van der Waals surface area contributed by atoms with Gasteiger partial charge < -0.3 is 19.9 Å². The topological polar surface area (TPSA) is 71.5 Å². The van der Waals surface area contributed by atoms with E-state index in [2.05, 4.69) is 5.10 Å². The number of aryl methyl sites for hydroxylation is 1. The van der Waals surface area contributed by atoms with Crippen LogP contribution in [-0.2, 0) is 20.1 Å². The van der Waals surface area contributed by atoms with E-state index < -0.39 is 0 Å². The van der Waals surface area contributed by atoms with Crippen LogP contribution in [0, 0.1) is 0 Å². The number of nitrogens with zero attached hydrogens (tertiary/aromatic N) is 2. The molecule has 0 radical (unpaired) electrons. The molecule has 1 heterocycles. The quantitative estimate of drug-likeness (QED) is 0.837. The molecular formula is C15H21N3O3. The summed E-state index contributed by atoms with van der Waals surface area (Å²) in [5, 5.41) is 4.28. The van der Waals surface area contributed by atoms with E-state index in [1.165, 1.54) is 0 Å². The molecule has 0 saturated heterocycles. The third kappa shape index (κ3) is 3.66. The molecule has 0 aliphatic rings. The minimum Gasteiger partial charge on any atom is -0.493 e. The number of methoxy groups -OCH3 is 2. The number of nitrogens with two attached hydrogens (primary N) is 1. The Hall–Kier alpha value is -2.21. The van der Waals surface area contributed by atoms with E-state index in [0.29, 0.717) is 30.4 Å². The summed E-state index contributed by atoms with van der Waals surface area (Å²) in [4.78, 5) is 0. The molecule has 0 amide bonds. The predicted octanol–water partition coefficient (Wildman–Crippen LogP) is 1.52. The Morgan fingerprint density at radius 1 is 1.19 bits per heavy atom. The Bertz CT molecular complexity index is 571. The first-order chi connectivity index (χ1) is 10.2. The molecule has 0 aliphatic carbocycles. The van der Waals surface area contributed by atoms with Crippen molar-refractivity contribution in [3.8, 4) is 17.2 Å². The van der Waals surface area contributed by atoms with Crippen molar-refractivity contribution in [3.05, 3.63) is 35.7 Å². The number of ether oxygens (including phenoxy) is 3. The smallest absolute Gasteiger partial charge is 0.203 e. The Labute approximate surface area is 124 Å². The van der Waals surface area contributed by atoms with E-state index in [0.717, 1.165) is 17.7 Å². The highest BCUT2D eigenvalue weighted by Crippen LogP contribution is 2.39. The monoisotopic (exact) mass is 291 g/mol. The van der Waals surface area contributed by atoms with Crippen LogP contribution >= 0.6 is 0 Å². The summed E-state index contributed by atoms with van der Waals surface area (Å²) in [6.07, 6.45) is 2.63. The molecule has 0 saturated carbocycles. The van der Waals surface area contributed by atoms with Crippen molar-refractivity contribution in [2.45, 2.75) is 13.0 Å². The molecule has 0 spiro atoms. The summed E-state index contributed by atoms with van der Waals surface area (Å²) < 4.78 is 18.4. The Morgan fingerprint density at radius 2 is 1.86 bits per heavy atom. The zero-order chi connectivity index (χ0) is 15.2. The summed E-state index contributed by atoms with van der Waals surface area (Å²) in [6, 6.07) is 5.74. The van der Waals surface area contributed by atoms with Crippen LogP contribution in [0.2, 0.25) is 0 Å². The molecule has 2 N–H and O–H groups in total. The van der Waals surface area contributed by atoms with Crippen LogP contribution in [0.5, 0.6) is 17.2 Å². The second-order valence-electron chi connectivity index (χ2n) is 4.64. The zero-order valence-electron chi connectivity index (χ0n) is 12.6. The van der Waals surface area contributed by atoms with Crippen molar-refractivity contribution in [3.63, 3.8) is 0 Å². The average Bonchev–Trinajstić information content (AvgIpc) is 2.90. The van der Waals surface area contributed by atoms with Gasteiger partial charge in [0.15, 0.2) is 11.5 Å². The van der Waals surface area contributed by atoms with Crippen molar-refractivity contribution in [1.29, 1.82) is 0 Å². The van der Waals surface area contributed by atoms with Gasteiger partial charge in [0, 0.05) is 13.2 Å². The van der Waals surface area contributed by atoms with Crippen LogP contribution in [0.15, 0.2) is 24.4 Å². The molecule has 21 heavy (non-hydrogen) atoms. The molecule has 0 aliphatic heterocycles. The van der Waals surface area contributed by atoms with Crippen LogP contribution < -0.4 is 19.9 Å². The fraction of sp³-hybridized carbons (Fsp3) is 0.400. The number of aromatic nitrogens is 2. The first-order valence-corrected chi connectivity index (χ1v) is 6.74. The van der Waals surface area contributed by atoms with Gasteiger partial charge in [-0.05, 0) is 36.7 Å². The molecule has 1 aromatic carbocycles. The third-order valence-electron chi connectivity index (χ3n) is 3.09. The molecule has 6 heteroatoms. The highest BCUT2D eigenvalue weighted by atomic mass is 16.5. The number of hydrogen-bond donors (Lipinski definition) is 1. The van der Waals surface area contributed by atoms with E-state index in [9.17, 15) is 0 Å². The summed E-state index contributed by atoms with van der Waals surface area (Å²) in [5.41, 5.74) is 7.49. The first kappa shape index (κ1) is 15.2. The van der Waals surface area contributed by atoms with Gasteiger partial charge in [-0.1, -0.05) is 0 Å². The average molecular weight is 291 g/mol. The number of rotatable bonds is 7. The molecule has 114 valence electrons. The first-order valence-electron chi connectivity index (χ1n) is 6.74. The van der Waals surface area contributed by atoms with Crippen molar-refractivity contribution < 1.29 is 14.2 Å². The van der Waals surface area contributed by atoms with Crippen molar-refractivity contribution in [1.82, 2.24) is 9.78 Å². The maximum atomic E-state index is 5.83. The summed E-state index contributed by atoms with van der Waals surface area (Å²) >= 11 is 0. The molecule has 0 fully saturated rings. The minimum atomic E-state index is 0.351. The predicted molar refractivity (Wildman–Crippen MR) is 79.8 cm³/mol. The lowest BCUT2D eigenvalue weighted by Crippen LogP contribution is -2.05. The Balaban J connectivity index is 2.23. The second kappa shape index (κ2) is 6.99. The molecule has 0 bridgehead atoms. The van der Waals surface area contributed by atoms with Gasteiger partial charge in [-0.3, -0.25) is 4.68 Å². The van der Waals surface area contributed by atoms with Gasteiger partial charge in [-0.2, -0.15) is 5.10 Å². The van der Waals surface area contributed by atoms with E-state index in [4.69, 9.17) is 19.9 Å². The highest BCUT2D eigenvalue weighted by molar-refractivity contribution is 5.54. The minimum absolute atomic E-state index is 0.351. The van der Waals surface area contributed by atoms with E-state index in [1.807, 2.05) is 31.4 Å². The van der Waals surface area contributed by atoms with Crippen LogP contribution in [-0.4, -0.2) is 30.5 Å². The van der Waals surface area contributed by atoms with Gasteiger partial charge in [-0.15, -0.1) is 0 Å². The van der Waals surface area contributed by atoms with E-state index in [-0.39, 0.29) is 0 Å². The lowest BCUT2D eigenvalue weighted by Gasteiger charge is -2.15. The fourth-order valence-corrected chi connectivity index (χ4v) is 2.07. The molecule has 0 unspecified atom stereocenters. The molecule has 2 rings (SSSR count). The second-order valence-corrected chi connectivity index (χ2v) is 4.64. The maximum Gasteiger partial charge on any atom is 0.203 e. The van der Waals surface area contributed by atoms with Crippen LogP contribution in [0.4, 0.5) is 0 Å². The third-order valence-corrected chi connectivity index (χ3v) is 3.09. The number of benzene rings is 1. The number of hydrogen-bond acceptors (Lipinski definition) is 5.